The minimum absolute atomic E-state index is 0.0628. The van der Waals surface area contributed by atoms with E-state index in [2.05, 4.69) is 9.97 Å². The number of nitrogens with zero attached hydrogens (tertiary/aromatic N) is 3. The Labute approximate surface area is 124 Å². The standard InChI is InChI=1S/C16H20N4O/c1-20(11-7-3-2-4-8-11)15(21)14-12-9-5-6-10-13(12)18-16(17)19-14/h5-6,9-11H,2-4,7-8H2,1H3,(H2,17,18,19). The summed E-state index contributed by atoms with van der Waals surface area (Å²) in [5.41, 5.74) is 6.87. The summed E-state index contributed by atoms with van der Waals surface area (Å²) in [6.07, 6.45) is 5.79. The van der Waals surface area contributed by atoms with Crippen molar-refractivity contribution >= 4 is 22.8 Å². The van der Waals surface area contributed by atoms with Crippen LogP contribution in [0.3, 0.4) is 0 Å². The van der Waals surface area contributed by atoms with Crippen LogP contribution in [-0.4, -0.2) is 33.9 Å². The van der Waals surface area contributed by atoms with Crippen LogP contribution in [-0.2, 0) is 0 Å². The molecule has 2 N–H and O–H groups in total. The number of hydrogen-bond donors (Lipinski definition) is 1. The van der Waals surface area contributed by atoms with Crippen LogP contribution in [0.1, 0.15) is 42.6 Å². The Balaban J connectivity index is 1.97. The smallest absolute Gasteiger partial charge is 0.273 e. The van der Waals surface area contributed by atoms with Gasteiger partial charge in [-0.25, -0.2) is 9.97 Å². The first kappa shape index (κ1) is 13.8. The number of nitrogen functional groups attached to an aromatic ring is 1. The Morgan fingerprint density at radius 2 is 1.90 bits per heavy atom. The number of benzene rings is 1. The Morgan fingerprint density at radius 1 is 1.19 bits per heavy atom. The van der Waals surface area contributed by atoms with Gasteiger partial charge in [0.05, 0.1) is 5.52 Å². The van der Waals surface area contributed by atoms with Crippen molar-refractivity contribution in [3.05, 3.63) is 30.0 Å². The fraction of sp³-hybridized carbons (Fsp3) is 0.438. The van der Waals surface area contributed by atoms with E-state index in [1.165, 1.54) is 19.3 Å². The molecule has 0 unspecified atom stereocenters. The summed E-state index contributed by atoms with van der Waals surface area (Å²) in [5.74, 6) is 0.0845. The van der Waals surface area contributed by atoms with E-state index in [1.54, 1.807) is 0 Å². The van der Waals surface area contributed by atoms with Crippen molar-refractivity contribution in [1.29, 1.82) is 0 Å². The zero-order chi connectivity index (χ0) is 14.8. The Kier molecular flexibility index (Phi) is 3.73. The van der Waals surface area contributed by atoms with Gasteiger partial charge >= 0.3 is 0 Å². The van der Waals surface area contributed by atoms with Crippen LogP contribution in [0.5, 0.6) is 0 Å². The summed E-state index contributed by atoms with van der Waals surface area (Å²) >= 11 is 0. The maximum atomic E-state index is 12.8. The molecule has 1 aliphatic carbocycles. The van der Waals surface area contributed by atoms with E-state index >= 15 is 0 Å². The second kappa shape index (κ2) is 5.68. The summed E-state index contributed by atoms with van der Waals surface area (Å²) in [7, 11) is 1.87. The quantitative estimate of drug-likeness (QED) is 0.920. The van der Waals surface area contributed by atoms with E-state index in [4.69, 9.17) is 5.73 Å². The molecule has 5 heteroatoms. The van der Waals surface area contributed by atoms with Crippen LogP contribution in [0.15, 0.2) is 24.3 Å². The molecule has 1 aliphatic rings. The summed E-state index contributed by atoms with van der Waals surface area (Å²) in [6, 6.07) is 7.80. The lowest BCUT2D eigenvalue weighted by Gasteiger charge is -2.31. The summed E-state index contributed by atoms with van der Waals surface area (Å²) in [4.78, 5) is 23.0. The minimum atomic E-state index is -0.0628. The van der Waals surface area contributed by atoms with Gasteiger partial charge in [-0.2, -0.15) is 0 Å². The van der Waals surface area contributed by atoms with Crippen LogP contribution in [0.25, 0.3) is 10.9 Å². The molecular formula is C16H20N4O. The van der Waals surface area contributed by atoms with Crippen molar-refractivity contribution in [2.75, 3.05) is 12.8 Å². The molecule has 0 spiro atoms. The molecule has 1 aromatic heterocycles. The van der Waals surface area contributed by atoms with Crippen molar-refractivity contribution in [3.8, 4) is 0 Å². The highest BCUT2D eigenvalue weighted by Crippen LogP contribution is 2.24. The first-order chi connectivity index (χ1) is 10.2. The third-order valence-corrected chi connectivity index (χ3v) is 4.27. The SMILES string of the molecule is CN(C(=O)c1nc(N)nc2ccccc12)C1CCCCC1. The number of rotatable bonds is 2. The highest BCUT2D eigenvalue weighted by Gasteiger charge is 2.25. The molecule has 0 atom stereocenters. The average Bonchev–Trinajstić information content (AvgIpc) is 2.53. The number of carbonyl (C=O) groups is 1. The van der Waals surface area contributed by atoms with Crippen LogP contribution < -0.4 is 5.73 Å². The zero-order valence-electron chi connectivity index (χ0n) is 12.2. The lowest BCUT2D eigenvalue weighted by Crippen LogP contribution is -2.38. The van der Waals surface area contributed by atoms with Crippen molar-refractivity contribution in [3.63, 3.8) is 0 Å². The Bertz CT molecular complexity index is 664. The van der Waals surface area contributed by atoms with E-state index in [1.807, 2.05) is 36.2 Å². The van der Waals surface area contributed by atoms with Crippen molar-refractivity contribution in [1.82, 2.24) is 14.9 Å². The van der Waals surface area contributed by atoms with Gasteiger partial charge in [-0.3, -0.25) is 4.79 Å². The molecule has 0 radical (unpaired) electrons. The van der Waals surface area contributed by atoms with Gasteiger partial charge in [0.2, 0.25) is 5.95 Å². The van der Waals surface area contributed by atoms with E-state index in [0.29, 0.717) is 17.3 Å². The molecule has 0 aliphatic heterocycles. The van der Waals surface area contributed by atoms with Gasteiger partial charge in [0.25, 0.3) is 5.91 Å². The number of nitrogens with two attached hydrogens (primary N) is 1. The molecule has 1 saturated carbocycles. The average molecular weight is 284 g/mol. The van der Waals surface area contributed by atoms with Crippen LogP contribution >= 0.6 is 0 Å². The summed E-state index contributed by atoms with van der Waals surface area (Å²) in [5, 5.41) is 0.763. The largest absolute Gasteiger partial charge is 0.368 e. The first-order valence-corrected chi connectivity index (χ1v) is 7.46. The topological polar surface area (TPSA) is 72.1 Å². The molecule has 1 amide bonds. The van der Waals surface area contributed by atoms with Gasteiger partial charge in [0, 0.05) is 18.5 Å². The number of anilines is 1. The number of amides is 1. The molecule has 21 heavy (non-hydrogen) atoms. The fourth-order valence-electron chi connectivity index (χ4n) is 3.06. The van der Waals surface area contributed by atoms with Crippen molar-refractivity contribution in [2.24, 2.45) is 0 Å². The maximum Gasteiger partial charge on any atom is 0.273 e. The molecule has 1 heterocycles. The number of carbonyl (C=O) groups excluding carboxylic acids is 1. The molecular weight excluding hydrogens is 264 g/mol. The Morgan fingerprint density at radius 3 is 2.67 bits per heavy atom. The normalized spacial score (nSPS) is 16.0. The van der Waals surface area contributed by atoms with Crippen LogP contribution in [0.2, 0.25) is 0 Å². The van der Waals surface area contributed by atoms with E-state index in [9.17, 15) is 4.79 Å². The second-order valence-electron chi connectivity index (χ2n) is 5.66. The number of fused-ring (bicyclic) bond motifs is 1. The lowest BCUT2D eigenvalue weighted by molar-refractivity contribution is 0.0692. The zero-order valence-corrected chi connectivity index (χ0v) is 12.2. The highest BCUT2D eigenvalue weighted by molar-refractivity contribution is 6.04. The minimum Gasteiger partial charge on any atom is -0.368 e. The van der Waals surface area contributed by atoms with Crippen LogP contribution in [0, 0.1) is 0 Å². The Hall–Kier alpha value is -2.17. The maximum absolute atomic E-state index is 12.8. The first-order valence-electron chi connectivity index (χ1n) is 7.46. The molecule has 5 nitrogen and oxygen atoms in total. The van der Waals surface area contributed by atoms with E-state index in [-0.39, 0.29) is 11.9 Å². The monoisotopic (exact) mass is 284 g/mol. The number of aromatic nitrogens is 2. The molecule has 0 saturated heterocycles. The fourth-order valence-corrected chi connectivity index (χ4v) is 3.06. The van der Waals surface area contributed by atoms with Crippen molar-refractivity contribution in [2.45, 2.75) is 38.1 Å². The van der Waals surface area contributed by atoms with Gasteiger partial charge in [0.1, 0.15) is 5.69 Å². The predicted octanol–water partition coefficient (Wildman–Crippen LogP) is 2.62. The summed E-state index contributed by atoms with van der Waals surface area (Å²) in [6.45, 7) is 0. The summed E-state index contributed by atoms with van der Waals surface area (Å²) < 4.78 is 0. The predicted molar refractivity (Wildman–Crippen MR) is 82.9 cm³/mol. The van der Waals surface area contributed by atoms with Gasteiger partial charge in [-0.1, -0.05) is 37.5 Å². The molecule has 0 bridgehead atoms. The number of hydrogen-bond acceptors (Lipinski definition) is 4. The second-order valence-corrected chi connectivity index (χ2v) is 5.66. The molecule has 110 valence electrons. The third kappa shape index (κ3) is 2.68. The third-order valence-electron chi connectivity index (χ3n) is 4.27. The molecule has 1 aromatic carbocycles. The van der Waals surface area contributed by atoms with Crippen LogP contribution in [0.4, 0.5) is 5.95 Å². The van der Waals surface area contributed by atoms with E-state index < -0.39 is 0 Å². The van der Waals surface area contributed by atoms with Gasteiger partial charge in [-0.05, 0) is 18.9 Å². The van der Waals surface area contributed by atoms with Gasteiger partial charge in [0.15, 0.2) is 0 Å². The number of para-hydroxylation sites is 1. The highest BCUT2D eigenvalue weighted by atomic mass is 16.2. The van der Waals surface area contributed by atoms with E-state index in [0.717, 1.165) is 18.2 Å². The lowest BCUT2D eigenvalue weighted by atomic mass is 9.94. The molecule has 1 fully saturated rings. The van der Waals surface area contributed by atoms with Crippen molar-refractivity contribution < 1.29 is 4.79 Å². The van der Waals surface area contributed by atoms with Gasteiger partial charge < -0.3 is 10.6 Å². The van der Waals surface area contributed by atoms with Gasteiger partial charge in [-0.15, -0.1) is 0 Å². The molecule has 2 aromatic rings. The molecule has 3 rings (SSSR count).